The van der Waals surface area contributed by atoms with Gasteiger partial charge in [-0.15, -0.1) is 0 Å². The number of anilines is 1. The fraction of sp³-hybridized carbons (Fsp3) is 0.412. The van der Waals surface area contributed by atoms with Crippen LogP contribution < -0.4 is 4.90 Å². The molecule has 19 heavy (non-hydrogen) atoms. The Balaban J connectivity index is 1.94. The van der Waals surface area contributed by atoms with E-state index in [4.69, 9.17) is 0 Å². The molecule has 3 rings (SSSR count). The number of benzene rings is 2. The Labute approximate surface area is 123 Å². The molecule has 1 nitrogen and oxygen atoms in total. The van der Waals surface area contributed by atoms with E-state index in [1.54, 1.807) is 0 Å². The molecule has 0 amide bonds. The van der Waals surface area contributed by atoms with E-state index < -0.39 is 0 Å². The van der Waals surface area contributed by atoms with Crippen molar-refractivity contribution < 1.29 is 0 Å². The third-order valence-electron chi connectivity index (χ3n) is 4.29. The zero-order valence-corrected chi connectivity index (χ0v) is 13.4. The van der Waals surface area contributed by atoms with Gasteiger partial charge in [0.05, 0.1) is 0 Å². The van der Waals surface area contributed by atoms with E-state index in [2.05, 4.69) is 78.0 Å². The lowest BCUT2D eigenvalue weighted by molar-refractivity contribution is 0.196. The molecule has 0 aromatic heterocycles. The van der Waals surface area contributed by atoms with Crippen LogP contribution in [-0.2, 0) is 0 Å². The highest BCUT2D eigenvalue weighted by Crippen LogP contribution is 2.40. The number of hydrogen-bond donors (Lipinski definition) is 0. The monoisotopic (exact) mass is 317 g/mol. The largest absolute Gasteiger partial charge is 0.370 e. The number of fused-ring (bicyclic) bond motifs is 1. The van der Waals surface area contributed by atoms with Crippen LogP contribution in [0.3, 0.4) is 0 Å². The molecule has 0 spiro atoms. The minimum absolute atomic E-state index is 0.418. The smallest absolute Gasteiger partial charge is 0.0446 e. The van der Waals surface area contributed by atoms with Crippen molar-refractivity contribution in [3.05, 3.63) is 40.9 Å². The molecule has 1 saturated heterocycles. The van der Waals surface area contributed by atoms with Crippen LogP contribution in [0.1, 0.15) is 20.8 Å². The average molecular weight is 318 g/mol. The average Bonchev–Trinajstić information content (AvgIpc) is 2.29. The fourth-order valence-electron chi connectivity index (χ4n) is 2.75. The highest BCUT2D eigenvalue weighted by molar-refractivity contribution is 9.10. The van der Waals surface area contributed by atoms with E-state index >= 15 is 0 Å². The van der Waals surface area contributed by atoms with Crippen molar-refractivity contribution in [3.8, 4) is 0 Å². The van der Waals surface area contributed by atoms with Gasteiger partial charge in [0.1, 0.15) is 0 Å². The van der Waals surface area contributed by atoms with Gasteiger partial charge >= 0.3 is 0 Å². The SMILES string of the molecule is CC(C)(C)C1CN(c2ccc(Br)c3ccccc23)C1. The molecule has 0 saturated carbocycles. The third kappa shape index (κ3) is 2.27. The molecule has 2 heteroatoms. The Hall–Kier alpha value is -1.02. The van der Waals surface area contributed by atoms with Crippen LogP contribution in [0.4, 0.5) is 5.69 Å². The summed E-state index contributed by atoms with van der Waals surface area (Å²) in [6, 6.07) is 13.0. The van der Waals surface area contributed by atoms with Crippen molar-refractivity contribution in [3.63, 3.8) is 0 Å². The summed E-state index contributed by atoms with van der Waals surface area (Å²) >= 11 is 3.65. The predicted octanol–water partition coefficient (Wildman–Crippen LogP) is 5.08. The molecule has 0 bridgehead atoms. The maximum absolute atomic E-state index is 3.65. The number of halogens is 1. The van der Waals surface area contributed by atoms with Crippen molar-refractivity contribution in [1.82, 2.24) is 0 Å². The lowest BCUT2D eigenvalue weighted by Gasteiger charge is -2.48. The normalized spacial score (nSPS) is 16.7. The summed E-state index contributed by atoms with van der Waals surface area (Å²) < 4.78 is 1.18. The van der Waals surface area contributed by atoms with Gasteiger partial charge in [-0.2, -0.15) is 0 Å². The van der Waals surface area contributed by atoms with Crippen LogP contribution >= 0.6 is 15.9 Å². The molecular weight excluding hydrogens is 298 g/mol. The van der Waals surface area contributed by atoms with E-state index in [-0.39, 0.29) is 0 Å². The van der Waals surface area contributed by atoms with E-state index in [0.29, 0.717) is 5.41 Å². The maximum Gasteiger partial charge on any atom is 0.0446 e. The van der Waals surface area contributed by atoms with Crippen LogP contribution in [0.15, 0.2) is 40.9 Å². The molecule has 1 heterocycles. The molecule has 1 fully saturated rings. The van der Waals surface area contributed by atoms with E-state index in [1.165, 1.54) is 34.0 Å². The molecule has 0 aliphatic carbocycles. The van der Waals surface area contributed by atoms with Crippen LogP contribution in [-0.4, -0.2) is 13.1 Å². The summed E-state index contributed by atoms with van der Waals surface area (Å²) in [6.45, 7) is 9.38. The van der Waals surface area contributed by atoms with Crippen LogP contribution in [0.2, 0.25) is 0 Å². The second-order valence-electron chi connectivity index (χ2n) is 6.58. The molecule has 2 aromatic carbocycles. The number of rotatable bonds is 1. The second-order valence-corrected chi connectivity index (χ2v) is 7.43. The number of hydrogen-bond acceptors (Lipinski definition) is 1. The van der Waals surface area contributed by atoms with Crippen molar-refractivity contribution >= 4 is 32.4 Å². The quantitative estimate of drug-likeness (QED) is 0.708. The predicted molar refractivity (Wildman–Crippen MR) is 86.8 cm³/mol. The van der Waals surface area contributed by atoms with Crippen LogP contribution in [0.5, 0.6) is 0 Å². The Morgan fingerprint density at radius 1 is 1.00 bits per heavy atom. The lowest BCUT2D eigenvalue weighted by atomic mass is 9.75. The Morgan fingerprint density at radius 3 is 2.26 bits per heavy atom. The van der Waals surface area contributed by atoms with Gasteiger partial charge in [0.25, 0.3) is 0 Å². The highest BCUT2D eigenvalue weighted by atomic mass is 79.9. The summed E-state index contributed by atoms with van der Waals surface area (Å²) in [5.41, 5.74) is 1.79. The Morgan fingerprint density at radius 2 is 1.63 bits per heavy atom. The van der Waals surface area contributed by atoms with Crippen LogP contribution in [0, 0.1) is 11.3 Å². The molecular formula is C17H20BrN. The zero-order valence-electron chi connectivity index (χ0n) is 11.8. The van der Waals surface area contributed by atoms with Gasteiger partial charge in [0.2, 0.25) is 0 Å². The standard InChI is InChI=1S/C17H20BrN/c1-17(2,3)12-10-19(11-12)16-9-8-15(18)13-6-4-5-7-14(13)16/h4-9,12H,10-11H2,1-3H3. The molecule has 0 atom stereocenters. The molecule has 0 N–H and O–H groups in total. The molecule has 0 radical (unpaired) electrons. The first-order valence-electron chi connectivity index (χ1n) is 6.89. The van der Waals surface area contributed by atoms with Crippen molar-refractivity contribution in [1.29, 1.82) is 0 Å². The highest BCUT2D eigenvalue weighted by Gasteiger charge is 2.36. The van der Waals surface area contributed by atoms with Crippen molar-refractivity contribution in [2.45, 2.75) is 20.8 Å². The molecule has 1 aliphatic rings. The first kappa shape index (κ1) is 13.0. The summed E-state index contributed by atoms with van der Waals surface area (Å²) in [4.78, 5) is 2.50. The molecule has 0 unspecified atom stereocenters. The Bertz CT molecular complexity index is 606. The van der Waals surface area contributed by atoms with Crippen molar-refractivity contribution in [2.24, 2.45) is 11.3 Å². The van der Waals surface area contributed by atoms with Gasteiger partial charge < -0.3 is 4.90 Å². The van der Waals surface area contributed by atoms with Gasteiger partial charge in [0.15, 0.2) is 0 Å². The van der Waals surface area contributed by atoms with E-state index in [1.807, 2.05) is 0 Å². The summed E-state index contributed by atoms with van der Waals surface area (Å²) in [5.74, 6) is 0.801. The van der Waals surface area contributed by atoms with Gasteiger partial charge in [-0.1, -0.05) is 61.0 Å². The summed E-state index contributed by atoms with van der Waals surface area (Å²) in [7, 11) is 0. The fourth-order valence-corrected chi connectivity index (χ4v) is 3.22. The Kier molecular flexibility index (Phi) is 3.09. The van der Waals surface area contributed by atoms with Gasteiger partial charge in [-0.25, -0.2) is 0 Å². The lowest BCUT2D eigenvalue weighted by Crippen LogP contribution is -2.52. The minimum atomic E-state index is 0.418. The third-order valence-corrected chi connectivity index (χ3v) is 4.99. The summed E-state index contributed by atoms with van der Waals surface area (Å²) in [6.07, 6.45) is 0. The molecule has 100 valence electrons. The van der Waals surface area contributed by atoms with Gasteiger partial charge in [-0.3, -0.25) is 0 Å². The van der Waals surface area contributed by atoms with Gasteiger partial charge in [0, 0.05) is 28.6 Å². The first-order valence-corrected chi connectivity index (χ1v) is 7.68. The first-order chi connectivity index (χ1) is 8.97. The topological polar surface area (TPSA) is 3.24 Å². The second kappa shape index (κ2) is 4.52. The van der Waals surface area contributed by atoms with Gasteiger partial charge in [-0.05, 0) is 28.9 Å². The molecule has 1 aliphatic heterocycles. The van der Waals surface area contributed by atoms with Crippen LogP contribution in [0.25, 0.3) is 10.8 Å². The minimum Gasteiger partial charge on any atom is -0.370 e. The zero-order chi connectivity index (χ0) is 13.6. The van der Waals surface area contributed by atoms with Crippen molar-refractivity contribution in [2.75, 3.05) is 18.0 Å². The molecule has 2 aromatic rings. The maximum atomic E-state index is 3.65. The van der Waals surface area contributed by atoms with E-state index in [0.717, 1.165) is 5.92 Å². The van der Waals surface area contributed by atoms with E-state index in [9.17, 15) is 0 Å². The number of nitrogens with zero attached hydrogens (tertiary/aromatic N) is 1. The summed E-state index contributed by atoms with van der Waals surface area (Å²) in [5, 5.41) is 2.66.